The molecule has 0 spiro atoms. The number of fused-ring (bicyclic) bond motifs is 1. The number of nitrogens with one attached hydrogen (secondary N) is 1. The summed E-state index contributed by atoms with van der Waals surface area (Å²) >= 11 is 0. The second kappa shape index (κ2) is 6.32. The summed E-state index contributed by atoms with van der Waals surface area (Å²) in [6.07, 6.45) is 3.03. The molecular weight excluding hydrogens is 289 g/mol. The number of aromatic hydroxyl groups is 1. The van der Waals surface area contributed by atoms with Gasteiger partial charge in [-0.1, -0.05) is 12.1 Å². The van der Waals surface area contributed by atoms with Crippen LogP contribution in [0.3, 0.4) is 0 Å². The van der Waals surface area contributed by atoms with Crippen LogP contribution in [0.1, 0.15) is 59.7 Å². The molecule has 0 heterocycles. The molecule has 2 unspecified atom stereocenters. The lowest BCUT2D eigenvalue weighted by atomic mass is 9.86. The molecule has 0 fully saturated rings. The van der Waals surface area contributed by atoms with Crippen LogP contribution >= 0.6 is 0 Å². The molecule has 1 aliphatic carbocycles. The molecule has 2 nitrogen and oxygen atoms in total. The second-order valence-corrected chi connectivity index (χ2v) is 6.69. The fraction of sp³-hybridized carbons (Fsp3) is 0.400. The highest BCUT2D eigenvalue weighted by Crippen LogP contribution is 2.35. The summed E-state index contributed by atoms with van der Waals surface area (Å²) in [5, 5.41) is 13.9. The van der Waals surface area contributed by atoms with Gasteiger partial charge in [-0.25, -0.2) is 4.39 Å². The van der Waals surface area contributed by atoms with Gasteiger partial charge in [-0.3, -0.25) is 0 Å². The standard InChI is InChI=1S/C20H24FNO/c1-12-9-13(2)20(19(23)10-12)14(3)22-18-6-4-5-15-11-16(21)7-8-17(15)18/h7-11,14,18,22-23H,4-6H2,1-3H3. The molecule has 23 heavy (non-hydrogen) atoms. The average Bonchev–Trinajstić information content (AvgIpc) is 2.46. The van der Waals surface area contributed by atoms with Crippen LogP contribution in [-0.4, -0.2) is 5.11 Å². The van der Waals surface area contributed by atoms with Gasteiger partial charge in [-0.05, 0) is 80.5 Å². The predicted octanol–water partition coefficient (Wildman–Crippen LogP) is 4.88. The third-order valence-electron chi connectivity index (χ3n) is 4.81. The van der Waals surface area contributed by atoms with Gasteiger partial charge in [0.2, 0.25) is 0 Å². The Kier molecular flexibility index (Phi) is 4.40. The van der Waals surface area contributed by atoms with Crippen molar-refractivity contribution in [3.63, 3.8) is 0 Å². The van der Waals surface area contributed by atoms with E-state index in [1.807, 2.05) is 26.0 Å². The maximum Gasteiger partial charge on any atom is 0.123 e. The van der Waals surface area contributed by atoms with Gasteiger partial charge in [-0.15, -0.1) is 0 Å². The van der Waals surface area contributed by atoms with Gasteiger partial charge in [0.25, 0.3) is 0 Å². The van der Waals surface area contributed by atoms with Gasteiger partial charge in [0, 0.05) is 17.6 Å². The highest BCUT2D eigenvalue weighted by Gasteiger charge is 2.24. The van der Waals surface area contributed by atoms with Crippen molar-refractivity contribution in [2.45, 2.75) is 52.1 Å². The zero-order valence-corrected chi connectivity index (χ0v) is 14.0. The normalized spacial score (nSPS) is 18.5. The number of aryl methyl sites for hydroxylation is 3. The molecule has 3 rings (SSSR count). The molecule has 2 aromatic carbocycles. The SMILES string of the molecule is Cc1cc(C)c(C(C)NC2CCCc3cc(F)ccc32)c(O)c1. The summed E-state index contributed by atoms with van der Waals surface area (Å²) < 4.78 is 13.4. The summed E-state index contributed by atoms with van der Waals surface area (Å²) in [5.74, 6) is 0.183. The molecule has 0 aliphatic heterocycles. The summed E-state index contributed by atoms with van der Waals surface area (Å²) in [5.41, 5.74) is 5.40. The average molecular weight is 313 g/mol. The van der Waals surface area contributed by atoms with Gasteiger partial charge in [0.15, 0.2) is 0 Å². The van der Waals surface area contributed by atoms with Crippen LogP contribution in [0.4, 0.5) is 4.39 Å². The molecule has 122 valence electrons. The monoisotopic (exact) mass is 313 g/mol. The minimum atomic E-state index is -0.163. The second-order valence-electron chi connectivity index (χ2n) is 6.69. The van der Waals surface area contributed by atoms with Crippen molar-refractivity contribution < 1.29 is 9.50 Å². The minimum Gasteiger partial charge on any atom is -0.508 e. The number of rotatable bonds is 3. The fourth-order valence-electron chi connectivity index (χ4n) is 3.86. The summed E-state index contributed by atoms with van der Waals surface area (Å²) in [6.45, 7) is 6.10. The molecule has 2 N–H and O–H groups in total. The van der Waals surface area contributed by atoms with E-state index in [-0.39, 0.29) is 17.9 Å². The smallest absolute Gasteiger partial charge is 0.123 e. The van der Waals surface area contributed by atoms with Crippen LogP contribution in [0.5, 0.6) is 5.75 Å². The Labute approximate surface area is 137 Å². The third kappa shape index (κ3) is 3.25. The Morgan fingerprint density at radius 2 is 2.00 bits per heavy atom. The number of phenolic OH excluding ortho intramolecular Hbond substituents is 1. The highest BCUT2D eigenvalue weighted by molar-refractivity contribution is 5.44. The molecule has 0 radical (unpaired) electrons. The third-order valence-corrected chi connectivity index (χ3v) is 4.81. The van der Waals surface area contributed by atoms with Crippen LogP contribution < -0.4 is 5.32 Å². The largest absolute Gasteiger partial charge is 0.508 e. The van der Waals surface area contributed by atoms with Crippen molar-refractivity contribution in [1.82, 2.24) is 5.32 Å². The van der Waals surface area contributed by atoms with Crippen LogP contribution in [0.2, 0.25) is 0 Å². The highest BCUT2D eigenvalue weighted by atomic mass is 19.1. The van der Waals surface area contributed by atoms with Crippen LogP contribution in [-0.2, 0) is 6.42 Å². The molecule has 0 amide bonds. The lowest BCUT2D eigenvalue weighted by Gasteiger charge is -2.30. The Balaban J connectivity index is 1.86. The molecule has 0 saturated carbocycles. The number of halogens is 1. The molecule has 3 heteroatoms. The first-order valence-electron chi connectivity index (χ1n) is 8.30. The van der Waals surface area contributed by atoms with Crippen molar-refractivity contribution in [2.24, 2.45) is 0 Å². The van der Waals surface area contributed by atoms with Crippen molar-refractivity contribution >= 4 is 0 Å². The van der Waals surface area contributed by atoms with E-state index < -0.39 is 0 Å². The van der Waals surface area contributed by atoms with Gasteiger partial charge in [0.05, 0.1) is 0 Å². The molecule has 0 saturated heterocycles. The van der Waals surface area contributed by atoms with E-state index in [1.165, 1.54) is 11.6 Å². The Morgan fingerprint density at radius 1 is 1.22 bits per heavy atom. The fourth-order valence-corrected chi connectivity index (χ4v) is 3.86. The first-order valence-corrected chi connectivity index (χ1v) is 8.30. The molecule has 0 aromatic heterocycles. The first kappa shape index (κ1) is 16.0. The Bertz CT molecular complexity index is 703. The topological polar surface area (TPSA) is 32.3 Å². The maximum absolute atomic E-state index is 13.4. The van der Waals surface area contributed by atoms with E-state index in [0.717, 1.165) is 41.5 Å². The van der Waals surface area contributed by atoms with Crippen molar-refractivity contribution in [1.29, 1.82) is 0 Å². The number of benzene rings is 2. The summed E-state index contributed by atoms with van der Waals surface area (Å²) in [6, 6.07) is 9.24. The van der Waals surface area contributed by atoms with Crippen LogP contribution in [0.25, 0.3) is 0 Å². The molecular formula is C20H24FNO. The van der Waals surface area contributed by atoms with E-state index in [0.29, 0.717) is 5.75 Å². The van der Waals surface area contributed by atoms with Crippen LogP contribution in [0, 0.1) is 19.7 Å². The lowest BCUT2D eigenvalue weighted by molar-refractivity contribution is 0.398. The maximum atomic E-state index is 13.4. The number of hydrogen-bond acceptors (Lipinski definition) is 2. The van der Waals surface area contributed by atoms with E-state index >= 15 is 0 Å². The number of phenols is 1. The van der Waals surface area contributed by atoms with Crippen molar-refractivity contribution in [3.05, 3.63) is 64.0 Å². The molecule has 1 aliphatic rings. The molecule has 0 bridgehead atoms. The summed E-state index contributed by atoms with van der Waals surface area (Å²) in [7, 11) is 0. The Morgan fingerprint density at radius 3 is 2.74 bits per heavy atom. The quantitative estimate of drug-likeness (QED) is 0.846. The van der Waals surface area contributed by atoms with Gasteiger partial charge in [-0.2, -0.15) is 0 Å². The first-order chi connectivity index (χ1) is 11.0. The van der Waals surface area contributed by atoms with Crippen molar-refractivity contribution in [2.75, 3.05) is 0 Å². The van der Waals surface area contributed by atoms with Gasteiger partial charge in [0.1, 0.15) is 11.6 Å². The van der Waals surface area contributed by atoms with E-state index in [9.17, 15) is 9.50 Å². The van der Waals surface area contributed by atoms with E-state index in [1.54, 1.807) is 6.07 Å². The summed E-state index contributed by atoms with van der Waals surface area (Å²) in [4.78, 5) is 0. The lowest BCUT2D eigenvalue weighted by Crippen LogP contribution is -2.28. The number of hydrogen-bond donors (Lipinski definition) is 2. The zero-order valence-electron chi connectivity index (χ0n) is 14.0. The zero-order chi connectivity index (χ0) is 16.6. The van der Waals surface area contributed by atoms with E-state index in [4.69, 9.17) is 0 Å². The molecule has 2 aromatic rings. The minimum absolute atomic E-state index is 0.0385. The van der Waals surface area contributed by atoms with Crippen LogP contribution in [0.15, 0.2) is 30.3 Å². The Hall–Kier alpha value is -1.87. The predicted molar refractivity (Wildman–Crippen MR) is 91.2 cm³/mol. The van der Waals surface area contributed by atoms with Crippen molar-refractivity contribution in [3.8, 4) is 5.75 Å². The van der Waals surface area contributed by atoms with Gasteiger partial charge < -0.3 is 10.4 Å². The van der Waals surface area contributed by atoms with E-state index in [2.05, 4.69) is 18.3 Å². The van der Waals surface area contributed by atoms with Gasteiger partial charge >= 0.3 is 0 Å². The molecule has 2 atom stereocenters.